The van der Waals surface area contributed by atoms with Gasteiger partial charge < -0.3 is 9.64 Å². The van der Waals surface area contributed by atoms with E-state index in [0.29, 0.717) is 0 Å². The summed E-state index contributed by atoms with van der Waals surface area (Å²) in [4.78, 5) is 20.7. The van der Waals surface area contributed by atoms with Crippen LogP contribution in [0.5, 0.6) is 0 Å². The fourth-order valence-corrected chi connectivity index (χ4v) is 4.04. The molecule has 0 spiro atoms. The minimum absolute atomic E-state index is 0. The number of aromatic nitrogens is 5. The predicted octanol–water partition coefficient (Wildman–Crippen LogP) is 4.44. The minimum atomic E-state index is 0. The van der Waals surface area contributed by atoms with Gasteiger partial charge in [-0.3, -0.25) is 14.5 Å². The van der Waals surface area contributed by atoms with Crippen LogP contribution < -0.4 is 4.90 Å². The number of nitrogens with zero attached hydrogens (tertiary/aromatic N) is 6. The number of rotatable bonds is 3. The van der Waals surface area contributed by atoms with E-state index in [0.717, 1.165) is 52.7 Å². The highest BCUT2D eigenvalue weighted by Crippen LogP contribution is 2.29. The highest BCUT2D eigenvalue weighted by Gasteiger charge is 2.23. The zero-order valence-electron chi connectivity index (χ0n) is 17.4. The van der Waals surface area contributed by atoms with Crippen LogP contribution in [0.3, 0.4) is 0 Å². The molecule has 0 bridgehead atoms. The fraction of sp³-hybridized carbons (Fsp3) is 0.333. The molecule has 0 amide bonds. The van der Waals surface area contributed by atoms with Crippen molar-refractivity contribution in [1.82, 2.24) is 24.5 Å². The van der Waals surface area contributed by atoms with E-state index < -0.39 is 0 Å². The van der Waals surface area contributed by atoms with E-state index in [9.17, 15) is 0 Å². The molecule has 7 nitrogen and oxygen atoms in total. The van der Waals surface area contributed by atoms with Crippen molar-refractivity contribution in [2.75, 3.05) is 18.0 Å². The zero-order chi connectivity index (χ0) is 20.7. The summed E-state index contributed by atoms with van der Waals surface area (Å²) in [5.41, 5.74) is 4.71. The van der Waals surface area contributed by atoms with Crippen LogP contribution in [-0.2, 0) is 4.74 Å². The second-order valence-electron chi connectivity index (χ2n) is 7.86. The van der Waals surface area contributed by atoms with Crippen LogP contribution in [0.2, 0.25) is 0 Å². The molecule has 0 N–H and O–H groups in total. The SMILES string of the molecule is C.Cc1ccc(-n2c(-c3ccc(N4C[C@@H](C)O[C@@H](C)C4)nc3)nc3ccncc32)cn1. The van der Waals surface area contributed by atoms with Crippen LogP contribution >= 0.6 is 0 Å². The first kappa shape index (κ1) is 20.9. The normalized spacial score (nSPS) is 18.7. The second kappa shape index (κ2) is 8.43. The Morgan fingerprint density at radius 2 is 1.74 bits per heavy atom. The molecule has 0 aromatic carbocycles. The monoisotopic (exact) mass is 416 g/mol. The van der Waals surface area contributed by atoms with Gasteiger partial charge in [0.15, 0.2) is 0 Å². The van der Waals surface area contributed by atoms with Crippen molar-refractivity contribution in [2.24, 2.45) is 0 Å². The van der Waals surface area contributed by atoms with Crippen molar-refractivity contribution in [3.63, 3.8) is 0 Å². The maximum Gasteiger partial charge on any atom is 0.147 e. The first-order valence-corrected chi connectivity index (χ1v) is 10.2. The molecule has 1 saturated heterocycles. The Hall–Kier alpha value is -3.32. The van der Waals surface area contributed by atoms with Gasteiger partial charge in [0.05, 0.1) is 41.3 Å². The van der Waals surface area contributed by atoms with Gasteiger partial charge in [-0.05, 0) is 51.1 Å². The molecule has 160 valence electrons. The summed E-state index contributed by atoms with van der Waals surface area (Å²) in [6, 6.07) is 10.1. The number of pyridine rings is 3. The standard InChI is InChI=1S/C23H24N6O.CH4/c1-15-4-6-19(11-25-15)29-21-12-24-9-8-20(21)27-23(29)18-5-7-22(26-10-18)28-13-16(2)30-17(3)14-28;/h4-12,16-17H,13-14H2,1-3H3;1H4/t16-,17+;. The number of hydrogen-bond donors (Lipinski definition) is 0. The lowest BCUT2D eigenvalue weighted by Crippen LogP contribution is -2.45. The molecule has 0 saturated carbocycles. The summed E-state index contributed by atoms with van der Waals surface area (Å²) in [7, 11) is 0. The van der Waals surface area contributed by atoms with Gasteiger partial charge in [0.25, 0.3) is 0 Å². The lowest BCUT2D eigenvalue weighted by Gasteiger charge is -2.36. The van der Waals surface area contributed by atoms with Gasteiger partial charge in [-0.1, -0.05) is 7.43 Å². The van der Waals surface area contributed by atoms with E-state index >= 15 is 0 Å². The number of aryl methyl sites for hydroxylation is 1. The van der Waals surface area contributed by atoms with Crippen LogP contribution in [0.4, 0.5) is 5.82 Å². The topological polar surface area (TPSA) is 69.0 Å². The molecule has 0 radical (unpaired) electrons. The number of fused-ring (bicyclic) bond motifs is 1. The van der Waals surface area contributed by atoms with Crippen LogP contribution in [-0.4, -0.2) is 49.8 Å². The third kappa shape index (κ3) is 4.01. The van der Waals surface area contributed by atoms with Crippen LogP contribution in [0.15, 0.2) is 55.1 Å². The quantitative estimate of drug-likeness (QED) is 0.492. The van der Waals surface area contributed by atoms with Crippen LogP contribution in [0.1, 0.15) is 27.0 Å². The highest BCUT2D eigenvalue weighted by atomic mass is 16.5. The minimum Gasteiger partial charge on any atom is -0.372 e. The number of anilines is 1. The smallest absolute Gasteiger partial charge is 0.147 e. The summed E-state index contributed by atoms with van der Waals surface area (Å²) in [6.07, 6.45) is 7.75. The maximum atomic E-state index is 5.84. The molecule has 1 aliphatic heterocycles. The Kier molecular flexibility index (Phi) is 5.69. The number of ether oxygens (including phenoxy) is 1. The molecule has 0 aliphatic carbocycles. The lowest BCUT2D eigenvalue weighted by molar-refractivity contribution is -0.00545. The third-order valence-electron chi connectivity index (χ3n) is 5.36. The number of morpholine rings is 1. The van der Waals surface area contributed by atoms with Gasteiger partial charge >= 0.3 is 0 Å². The maximum absolute atomic E-state index is 5.84. The lowest BCUT2D eigenvalue weighted by atomic mass is 10.2. The van der Waals surface area contributed by atoms with E-state index in [1.54, 1.807) is 6.20 Å². The molecule has 5 heterocycles. The molecule has 5 rings (SSSR count). The van der Waals surface area contributed by atoms with Crippen molar-refractivity contribution in [3.8, 4) is 17.1 Å². The van der Waals surface area contributed by atoms with Crippen molar-refractivity contribution >= 4 is 16.9 Å². The predicted molar refractivity (Wildman–Crippen MR) is 124 cm³/mol. The summed E-state index contributed by atoms with van der Waals surface area (Å²) < 4.78 is 7.93. The average molecular weight is 417 g/mol. The molecule has 31 heavy (non-hydrogen) atoms. The summed E-state index contributed by atoms with van der Waals surface area (Å²) in [6.45, 7) is 7.87. The summed E-state index contributed by atoms with van der Waals surface area (Å²) in [5.74, 6) is 1.79. The Bertz CT molecular complexity index is 1160. The molecular weight excluding hydrogens is 388 g/mol. The molecule has 2 atom stereocenters. The van der Waals surface area contributed by atoms with Gasteiger partial charge in [0.2, 0.25) is 0 Å². The first-order valence-electron chi connectivity index (χ1n) is 10.2. The average Bonchev–Trinajstić information content (AvgIpc) is 3.13. The van der Waals surface area contributed by atoms with Gasteiger partial charge in [-0.15, -0.1) is 0 Å². The van der Waals surface area contributed by atoms with E-state index in [2.05, 4.69) is 51.5 Å². The van der Waals surface area contributed by atoms with Crippen molar-refractivity contribution in [2.45, 2.75) is 40.4 Å². The Balaban J connectivity index is 0.00000231. The first-order chi connectivity index (χ1) is 14.6. The summed E-state index contributed by atoms with van der Waals surface area (Å²) in [5, 5.41) is 0. The Labute approximate surface area is 182 Å². The second-order valence-corrected chi connectivity index (χ2v) is 7.86. The molecule has 4 aromatic heterocycles. The Morgan fingerprint density at radius 1 is 0.935 bits per heavy atom. The number of hydrogen-bond acceptors (Lipinski definition) is 6. The van der Waals surface area contributed by atoms with E-state index in [-0.39, 0.29) is 19.6 Å². The van der Waals surface area contributed by atoms with E-state index in [1.165, 1.54) is 0 Å². The number of imidazole rings is 1. The van der Waals surface area contributed by atoms with Crippen molar-refractivity contribution in [1.29, 1.82) is 0 Å². The molecule has 0 unspecified atom stereocenters. The molecule has 7 heteroatoms. The van der Waals surface area contributed by atoms with Crippen molar-refractivity contribution < 1.29 is 4.74 Å². The van der Waals surface area contributed by atoms with Gasteiger partial charge in [0.1, 0.15) is 11.6 Å². The largest absolute Gasteiger partial charge is 0.372 e. The molecule has 1 aliphatic rings. The van der Waals surface area contributed by atoms with Gasteiger partial charge in [-0.2, -0.15) is 0 Å². The highest BCUT2D eigenvalue weighted by molar-refractivity contribution is 5.82. The van der Waals surface area contributed by atoms with Crippen LogP contribution in [0, 0.1) is 6.92 Å². The van der Waals surface area contributed by atoms with Gasteiger partial charge in [-0.25, -0.2) is 9.97 Å². The Morgan fingerprint density at radius 3 is 2.42 bits per heavy atom. The summed E-state index contributed by atoms with van der Waals surface area (Å²) >= 11 is 0. The molecular formula is C24H28N6O. The van der Waals surface area contributed by atoms with Crippen LogP contribution in [0.25, 0.3) is 28.1 Å². The van der Waals surface area contributed by atoms with Crippen molar-refractivity contribution in [3.05, 3.63) is 60.8 Å². The van der Waals surface area contributed by atoms with E-state index in [4.69, 9.17) is 14.7 Å². The third-order valence-corrected chi connectivity index (χ3v) is 5.36. The molecule has 1 fully saturated rings. The van der Waals surface area contributed by atoms with E-state index in [1.807, 2.05) is 37.6 Å². The molecule has 4 aromatic rings. The fourth-order valence-electron chi connectivity index (χ4n) is 4.04. The zero-order valence-corrected chi connectivity index (χ0v) is 17.4. The van der Waals surface area contributed by atoms with Gasteiger partial charge in [0, 0.05) is 36.7 Å².